The molecule has 0 spiro atoms. The summed E-state index contributed by atoms with van der Waals surface area (Å²) in [5.41, 5.74) is 5.05. The van der Waals surface area contributed by atoms with Gasteiger partial charge in [0.15, 0.2) is 0 Å². The van der Waals surface area contributed by atoms with Gasteiger partial charge in [-0.05, 0) is 61.0 Å². The Labute approximate surface area is 197 Å². The number of esters is 1. The van der Waals surface area contributed by atoms with E-state index in [9.17, 15) is 19.7 Å². The summed E-state index contributed by atoms with van der Waals surface area (Å²) < 4.78 is 7.88. The van der Waals surface area contributed by atoms with Gasteiger partial charge < -0.3 is 4.74 Å². The van der Waals surface area contributed by atoms with Gasteiger partial charge in [-0.2, -0.15) is 10.2 Å². The van der Waals surface area contributed by atoms with Gasteiger partial charge in [-0.1, -0.05) is 12.1 Å². The van der Waals surface area contributed by atoms with Gasteiger partial charge in [-0.25, -0.2) is 10.2 Å². The van der Waals surface area contributed by atoms with Crippen LogP contribution in [-0.4, -0.2) is 32.3 Å². The quantitative estimate of drug-likeness (QED) is 0.167. The lowest BCUT2D eigenvalue weighted by molar-refractivity contribution is -0.384. The van der Waals surface area contributed by atoms with E-state index in [2.05, 4.69) is 31.6 Å². The molecular formula is C22H20BrN5O5. The number of hydrazone groups is 1. The molecule has 3 aromatic rings. The Balaban J connectivity index is 1.71. The van der Waals surface area contributed by atoms with Crippen LogP contribution in [0.3, 0.4) is 0 Å². The first-order chi connectivity index (χ1) is 15.7. The van der Waals surface area contributed by atoms with Gasteiger partial charge in [0, 0.05) is 17.7 Å². The second kappa shape index (κ2) is 10.2. The van der Waals surface area contributed by atoms with E-state index in [1.54, 1.807) is 35.9 Å². The molecule has 0 aliphatic rings. The molecule has 1 N–H and O–H groups in total. The Bertz CT molecular complexity index is 1250. The van der Waals surface area contributed by atoms with Gasteiger partial charge in [0.1, 0.15) is 12.3 Å². The standard InChI is InChI=1S/C22H20BrN5O5/c1-13(24-25-20(29)12-27-15(3)21(23)14(2)26-27)18-6-4-5-7-19(18)33-22(30)16-8-10-17(11-9-16)28(31)32/h4-11H,12H2,1-3H3,(H,25,29)/b24-13-. The molecule has 0 aliphatic carbocycles. The van der Waals surface area contributed by atoms with E-state index in [-0.39, 0.29) is 29.5 Å². The molecule has 0 aliphatic heterocycles. The summed E-state index contributed by atoms with van der Waals surface area (Å²) in [6, 6.07) is 11.8. The highest BCUT2D eigenvalue weighted by atomic mass is 79.9. The molecule has 170 valence electrons. The lowest BCUT2D eigenvalue weighted by Crippen LogP contribution is -2.25. The summed E-state index contributed by atoms with van der Waals surface area (Å²) in [4.78, 5) is 35.0. The third-order valence-electron chi connectivity index (χ3n) is 4.73. The van der Waals surface area contributed by atoms with Crippen LogP contribution in [0, 0.1) is 24.0 Å². The number of non-ortho nitro benzene ring substituents is 1. The van der Waals surface area contributed by atoms with E-state index in [4.69, 9.17) is 4.74 Å². The second-order valence-corrected chi connectivity index (χ2v) is 7.86. The van der Waals surface area contributed by atoms with Gasteiger partial charge in [-0.15, -0.1) is 0 Å². The predicted molar refractivity (Wildman–Crippen MR) is 124 cm³/mol. The number of halogens is 1. The number of carbonyl (C=O) groups excluding carboxylic acids is 2. The second-order valence-electron chi connectivity index (χ2n) is 7.06. The highest BCUT2D eigenvalue weighted by Gasteiger charge is 2.15. The summed E-state index contributed by atoms with van der Waals surface area (Å²) >= 11 is 3.42. The van der Waals surface area contributed by atoms with Gasteiger partial charge in [0.25, 0.3) is 11.6 Å². The van der Waals surface area contributed by atoms with E-state index in [0.717, 1.165) is 15.9 Å². The fourth-order valence-electron chi connectivity index (χ4n) is 2.94. The van der Waals surface area contributed by atoms with E-state index in [0.29, 0.717) is 11.3 Å². The number of nitrogens with one attached hydrogen (secondary N) is 1. The van der Waals surface area contributed by atoms with Crippen LogP contribution in [0.15, 0.2) is 58.1 Å². The average Bonchev–Trinajstić information content (AvgIpc) is 3.04. The molecule has 1 aromatic heterocycles. The van der Waals surface area contributed by atoms with Crippen molar-refractivity contribution in [2.24, 2.45) is 5.10 Å². The van der Waals surface area contributed by atoms with Crippen molar-refractivity contribution in [1.82, 2.24) is 15.2 Å². The molecule has 33 heavy (non-hydrogen) atoms. The number of carbonyl (C=O) groups is 2. The van der Waals surface area contributed by atoms with Crippen molar-refractivity contribution in [2.45, 2.75) is 27.3 Å². The number of nitro groups is 1. The van der Waals surface area contributed by atoms with Crippen LogP contribution in [0.2, 0.25) is 0 Å². The largest absolute Gasteiger partial charge is 0.422 e. The molecule has 0 atom stereocenters. The average molecular weight is 514 g/mol. The number of amides is 1. The maximum Gasteiger partial charge on any atom is 0.343 e. The van der Waals surface area contributed by atoms with E-state index >= 15 is 0 Å². The minimum atomic E-state index is -0.677. The van der Waals surface area contributed by atoms with Crippen LogP contribution in [0.5, 0.6) is 5.75 Å². The van der Waals surface area contributed by atoms with Crippen LogP contribution in [0.4, 0.5) is 5.69 Å². The number of para-hydroxylation sites is 1. The van der Waals surface area contributed by atoms with E-state index < -0.39 is 10.9 Å². The molecule has 10 nitrogen and oxygen atoms in total. The van der Waals surface area contributed by atoms with Gasteiger partial charge in [-0.3, -0.25) is 19.6 Å². The van der Waals surface area contributed by atoms with Crippen molar-refractivity contribution >= 4 is 39.2 Å². The SMILES string of the molecule is C/C(=N/NC(=O)Cn1nc(C)c(Br)c1C)c1ccccc1OC(=O)c1ccc([N+](=O)[O-])cc1. The van der Waals surface area contributed by atoms with Crippen LogP contribution in [0.1, 0.15) is 34.2 Å². The van der Waals surface area contributed by atoms with Crippen molar-refractivity contribution in [3.63, 3.8) is 0 Å². The molecular weight excluding hydrogens is 494 g/mol. The molecule has 0 fully saturated rings. The third-order valence-corrected chi connectivity index (χ3v) is 5.88. The fourth-order valence-corrected chi connectivity index (χ4v) is 3.22. The molecule has 0 unspecified atom stereocenters. The van der Waals surface area contributed by atoms with E-state index in [1.165, 1.54) is 24.3 Å². The summed E-state index contributed by atoms with van der Waals surface area (Å²) in [5, 5.41) is 19.2. The maximum absolute atomic E-state index is 12.5. The van der Waals surface area contributed by atoms with Gasteiger partial charge in [0.05, 0.1) is 32.1 Å². The van der Waals surface area contributed by atoms with Crippen LogP contribution >= 0.6 is 15.9 Å². The minimum Gasteiger partial charge on any atom is -0.422 e. The fraction of sp³-hybridized carbons (Fsp3) is 0.182. The number of aryl methyl sites for hydroxylation is 1. The van der Waals surface area contributed by atoms with E-state index in [1.807, 2.05) is 13.8 Å². The van der Waals surface area contributed by atoms with Crippen LogP contribution in [0.25, 0.3) is 0 Å². The van der Waals surface area contributed by atoms with Crippen molar-refractivity contribution < 1.29 is 19.2 Å². The highest BCUT2D eigenvalue weighted by Crippen LogP contribution is 2.22. The first-order valence-corrected chi connectivity index (χ1v) is 10.6. The van der Waals surface area contributed by atoms with Crippen molar-refractivity contribution in [1.29, 1.82) is 0 Å². The lowest BCUT2D eigenvalue weighted by Gasteiger charge is -2.10. The number of aromatic nitrogens is 2. The summed E-state index contributed by atoms with van der Waals surface area (Å²) in [6.45, 7) is 5.34. The Kier molecular flexibility index (Phi) is 7.34. The van der Waals surface area contributed by atoms with Gasteiger partial charge in [0.2, 0.25) is 0 Å². The summed E-state index contributed by atoms with van der Waals surface area (Å²) in [7, 11) is 0. The van der Waals surface area contributed by atoms with Crippen molar-refractivity contribution in [3.05, 3.63) is 85.6 Å². The molecule has 1 heterocycles. The summed E-state index contributed by atoms with van der Waals surface area (Å²) in [6.07, 6.45) is 0. The van der Waals surface area contributed by atoms with Crippen LogP contribution in [-0.2, 0) is 11.3 Å². The van der Waals surface area contributed by atoms with Gasteiger partial charge >= 0.3 is 5.97 Å². The minimum absolute atomic E-state index is 0.00811. The predicted octanol–water partition coefficient (Wildman–Crippen LogP) is 3.93. The Morgan fingerprint density at radius 2 is 1.85 bits per heavy atom. The number of nitro benzene ring substituents is 1. The topological polar surface area (TPSA) is 129 Å². The molecule has 0 radical (unpaired) electrons. The normalized spacial score (nSPS) is 11.2. The third kappa shape index (κ3) is 5.69. The number of benzene rings is 2. The van der Waals surface area contributed by atoms with Crippen LogP contribution < -0.4 is 10.2 Å². The highest BCUT2D eigenvalue weighted by molar-refractivity contribution is 9.10. The monoisotopic (exact) mass is 513 g/mol. The molecule has 0 saturated heterocycles. The number of hydrogen-bond acceptors (Lipinski definition) is 7. The molecule has 11 heteroatoms. The molecule has 0 saturated carbocycles. The zero-order valence-corrected chi connectivity index (χ0v) is 19.6. The molecule has 2 aromatic carbocycles. The summed E-state index contributed by atoms with van der Waals surface area (Å²) in [5.74, 6) is -0.809. The maximum atomic E-state index is 12.5. The Hall–Kier alpha value is -3.86. The number of hydrogen-bond donors (Lipinski definition) is 1. The zero-order valence-electron chi connectivity index (χ0n) is 18.0. The number of ether oxygens (including phenoxy) is 1. The lowest BCUT2D eigenvalue weighted by atomic mass is 10.1. The zero-order chi connectivity index (χ0) is 24.1. The molecule has 0 bridgehead atoms. The molecule has 1 amide bonds. The Morgan fingerprint density at radius 1 is 1.18 bits per heavy atom. The first kappa shape index (κ1) is 23.8. The van der Waals surface area contributed by atoms with Crippen molar-refractivity contribution in [3.8, 4) is 5.75 Å². The molecule has 3 rings (SSSR count). The number of rotatable bonds is 7. The first-order valence-electron chi connectivity index (χ1n) is 9.76. The van der Waals surface area contributed by atoms with Crippen molar-refractivity contribution in [2.75, 3.05) is 0 Å². The Morgan fingerprint density at radius 3 is 2.45 bits per heavy atom. The number of nitrogens with zero attached hydrogens (tertiary/aromatic N) is 4. The smallest absolute Gasteiger partial charge is 0.343 e.